The molecule has 0 saturated carbocycles. The zero-order valence-corrected chi connectivity index (χ0v) is 18.7. The van der Waals surface area contributed by atoms with Crippen LogP contribution in [0.25, 0.3) is 11.3 Å². The van der Waals surface area contributed by atoms with Crippen LogP contribution >= 0.6 is 11.6 Å². The van der Waals surface area contributed by atoms with Gasteiger partial charge in [-0.15, -0.1) is 0 Å². The molecule has 0 aliphatic carbocycles. The summed E-state index contributed by atoms with van der Waals surface area (Å²) < 4.78 is 11.1. The molecule has 0 saturated heterocycles. The number of H-pyrrole nitrogens is 1. The van der Waals surface area contributed by atoms with Gasteiger partial charge in [-0.2, -0.15) is 5.10 Å². The van der Waals surface area contributed by atoms with Crippen LogP contribution < -0.4 is 9.47 Å². The second-order valence-corrected chi connectivity index (χ2v) is 7.85. The van der Waals surface area contributed by atoms with Gasteiger partial charge in [-0.3, -0.25) is 9.89 Å². The van der Waals surface area contributed by atoms with Gasteiger partial charge in [0.1, 0.15) is 17.1 Å². The second-order valence-electron chi connectivity index (χ2n) is 7.45. The van der Waals surface area contributed by atoms with E-state index in [4.69, 9.17) is 21.1 Å². The first kappa shape index (κ1) is 22.0. The number of aliphatic hydroxyl groups excluding tert-OH is 1. The fourth-order valence-corrected chi connectivity index (χ4v) is 4.24. The van der Waals surface area contributed by atoms with E-state index in [0.717, 1.165) is 11.1 Å². The number of ether oxygens (including phenoxy) is 2. The summed E-state index contributed by atoms with van der Waals surface area (Å²) in [6.45, 7) is 4.09. The Hall–Kier alpha value is -3.23. The van der Waals surface area contributed by atoms with Gasteiger partial charge >= 0.3 is 0 Å². The van der Waals surface area contributed by atoms with Crippen molar-refractivity contribution in [2.24, 2.45) is 0 Å². The van der Waals surface area contributed by atoms with Crippen molar-refractivity contribution < 1.29 is 24.5 Å². The molecule has 3 N–H and O–H groups in total. The summed E-state index contributed by atoms with van der Waals surface area (Å²) in [5.41, 5.74) is 3.23. The SMILES string of the molecule is CCOc1ccc([C@@H]2c3c(-c4cc(Cl)c(C)cc4O)n[nH]c3C(=O)N2CCO)cc1OC. The quantitative estimate of drug-likeness (QED) is 0.499. The first-order valence-electron chi connectivity index (χ1n) is 10.2. The molecule has 1 atom stereocenters. The van der Waals surface area contributed by atoms with Gasteiger partial charge in [0.25, 0.3) is 5.91 Å². The van der Waals surface area contributed by atoms with Crippen molar-refractivity contribution in [3.63, 3.8) is 0 Å². The number of nitrogens with one attached hydrogen (secondary N) is 1. The zero-order chi connectivity index (χ0) is 23.0. The van der Waals surface area contributed by atoms with Gasteiger partial charge < -0.3 is 24.6 Å². The second kappa shape index (κ2) is 8.72. The number of amides is 1. The maximum Gasteiger partial charge on any atom is 0.273 e. The molecule has 0 spiro atoms. The number of aromatic hydroxyl groups is 1. The Morgan fingerprint density at radius 1 is 1.25 bits per heavy atom. The molecule has 1 aliphatic heterocycles. The molecule has 2 aromatic carbocycles. The Bertz CT molecular complexity index is 1180. The van der Waals surface area contributed by atoms with E-state index >= 15 is 0 Å². The van der Waals surface area contributed by atoms with Gasteiger partial charge in [0.2, 0.25) is 0 Å². The fraction of sp³-hybridized carbons (Fsp3) is 0.304. The van der Waals surface area contributed by atoms with Gasteiger partial charge in [0.15, 0.2) is 11.5 Å². The summed E-state index contributed by atoms with van der Waals surface area (Å²) in [5.74, 6) is 0.841. The van der Waals surface area contributed by atoms with Crippen molar-refractivity contribution in [1.82, 2.24) is 15.1 Å². The summed E-state index contributed by atoms with van der Waals surface area (Å²) in [6, 6.07) is 8.10. The molecule has 168 valence electrons. The van der Waals surface area contributed by atoms with Crippen LogP contribution in [-0.2, 0) is 0 Å². The summed E-state index contributed by atoms with van der Waals surface area (Å²) in [4.78, 5) is 14.7. The molecule has 9 heteroatoms. The molecule has 32 heavy (non-hydrogen) atoms. The number of aromatic nitrogens is 2. The number of phenolic OH excluding ortho intramolecular Hbond substituents is 1. The minimum absolute atomic E-state index is 0.0114. The number of carbonyl (C=O) groups is 1. The van der Waals surface area contributed by atoms with E-state index < -0.39 is 6.04 Å². The molecule has 1 amide bonds. The van der Waals surface area contributed by atoms with Gasteiger partial charge in [-0.25, -0.2) is 0 Å². The van der Waals surface area contributed by atoms with Crippen molar-refractivity contribution in [2.75, 3.05) is 26.9 Å². The Labute approximate surface area is 190 Å². The van der Waals surface area contributed by atoms with E-state index in [2.05, 4.69) is 10.2 Å². The molecule has 0 radical (unpaired) electrons. The highest BCUT2D eigenvalue weighted by atomic mass is 35.5. The Morgan fingerprint density at radius 2 is 2.03 bits per heavy atom. The van der Waals surface area contributed by atoms with Gasteiger partial charge in [0, 0.05) is 22.7 Å². The molecule has 4 rings (SSSR count). The summed E-state index contributed by atoms with van der Waals surface area (Å²) in [5, 5.41) is 27.8. The van der Waals surface area contributed by atoms with E-state index in [0.29, 0.717) is 45.6 Å². The number of fused-ring (bicyclic) bond motifs is 1. The minimum Gasteiger partial charge on any atom is -0.507 e. The number of halogens is 1. The molecule has 0 fully saturated rings. The molecule has 0 unspecified atom stereocenters. The maximum absolute atomic E-state index is 13.1. The predicted octanol–water partition coefficient (Wildman–Crippen LogP) is 3.69. The van der Waals surface area contributed by atoms with Crippen LogP contribution in [0.4, 0.5) is 0 Å². The van der Waals surface area contributed by atoms with E-state index in [1.54, 1.807) is 43.2 Å². The van der Waals surface area contributed by atoms with Crippen molar-refractivity contribution in [3.05, 3.63) is 57.7 Å². The topological polar surface area (TPSA) is 108 Å². The van der Waals surface area contributed by atoms with E-state index in [-0.39, 0.29) is 24.8 Å². The molecule has 8 nitrogen and oxygen atoms in total. The number of carbonyl (C=O) groups excluding carboxylic acids is 1. The van der Waals surface area contributed by atoms with Crippen LogP contribution in [0.5, 0.6) is 17.2 Å². The maximum atomic E-state index is 13.1. The first-order valence-corrected chi connectivity index (χ1v) is 10.6. The van der Waals surface area contributed by atoms with E-state index in [9.17, 15) is 15.0 Å². The number of phenols is 1. The third-order valence-corrected chi connectivity index (χ3v) is 5.95. The smallest absolute Gasteiger partial charge is 0.273 e. The lowest BCUT2D eigenvalue weighted by atomic mass is 9.95. The van der Waals surface area contributed by atoms with Gasteiger partial charge in [-0.1, -0.05) is 17.7 Å². The molecular formula is C23H24ClN3O5. The molecule has 3 aromatic rings. The average molecular weight is 458 g/mol. The van der Waals surface area contributed by atoms with Crippen LogP contribution in [0.3, 0.4) is 0 Å². The van der Waals surface area contributed by atoms with E-state index in [1.807, 2.05) is 13.0 Å². The lowest BCUT2D eigenvalue weighted by molar-refractivity contribution is 0.0706. The number of hydrogen-bond acceptors (Lipinski definition) is 6. The normalized spacial score (nSPS) is 15.2. The fourth-order valence-electron chi connectivity index (χ4n) is 4.07. The van der Waals surface area contributed by atoms with Crippen LogP contribution in [0.2, 0.25) is 5.02 Å². The Morgan fingerprint density at radius 3 is 2.72 bits per heavy atom. The number of hydrogen-bond donors (Lipinski definition) is 3. The number of nitrogens with zero attached hydrogens (tertiary/aromatic N) is 2. The zero-order valence-electron chi connectivity index (χ0n) is 18.0. The number of benzene rings is 2. The number of aliphatic hydroxyl groups is 1. The number of methoxy groups -OCH3 is 1. The monoisotopic (exact) mass is 457 g/mol. The number of aryl methyl sites for hydroxylation is 1. The number of β-amino-alcohol motifs (C(OH)–C–C–N with tert-alkyl or cyclic N) is 1. The Balaban J connectivity index is 1.90. The van der Waals surface area contributed by atoms with Gasteiger partial charge in [0.05, 0.1) is 26.4 Å². The summed E-state index contributed by atoms with van der Waals surface area (Å²) in [6.07, 6.45) is 0. The molecule has 0 bridgehead atoms. The molecule has 1 aliphatic rings. The standard InChI is InChI=1S/C23H24ClN3O5/c1-4-32-17-6-5-13(10-18(17)31-3)22-19-20(14-11-15(24)12(2)9-16(14)29)25-26-21(19)23(30)27(22)7-8-28/h5-6,9-11,22,28-29H,4,7-8H2,1-3H3,(H,25,26)/t22-/m1/s1. The lowest BCUT2D eigenvalue weighted by Gasteiger charge is -2.26. The minimum atomic E-state index is -0.553. The summed E-state index contributed by atoms with van der Waals surface area (Å²) >= 11 is 6.31. The highest BCUT2D eigenvalue weighted by Crippen LogP contribution is 2.46. The average Bonchev–Trinajstić information content (AvgIpc) is 3.31. The molecular weight excluding hydrogens is 434 g/mol. The third kappa shape index (κ3) is 3.55. The molecule has 2 heterocycles. The highest BCUT2D eigenvalue weighted by Gasteiger charge is 2.42. The highest BCUT2D eigenvalue weighted by molar-refractivity contribution is 6.31. The van der Waals surface area contributed by atoms with E-state index in [1.165, 1.54) is 0 Å². The Kier molecular flexibility index (Phi) is 5.99. The van der Waals surface area contributed by atoms with Crippen LogP contribution in [-0.4, -0.2) is 58.1 Å². The van der Waals surface area contributed by atoms with Crippen LogP contribution in [0, 0.1) is 6.92 Å². The van der Waals surface area contributed by atoms with Crippen LogP contribution in [0.15, 0.2) is 30.3 Å². The predicted molar refractivity (Wildman–Crippen MR) is 120 cm³/mol. The first-order chi connectivity index (χ1) is 15.4. The lowest BCUT2D eigenvalue weighted by Crippen LogP contribution is -2.32. The molecule has 1 aromatic heterocycles. The van der Waals surface area contributed by atoms with Gasteiger partial charge in [-0.05, 0) is 49.2 Å². The van der Waals surface area contributed by atoms with Crippen molar-refractivity contribution in [3.8, 4) is 28.5 Å². The third-order valence-electron chi connectivity index (χ3n) is 5.54. The van der Waals surface area contributed by atoms with Crippen molar-refractivity contribution in [2.45, 2.75) is 19.9 Å². The van der Waals surface area contributed by atoms with Crippen molar-refractivity contribution >= 4 is 17.5 Å². The number of rotatable bonds is 7. The number of aromatic amines is 1. The summed E-state index contributed by atoms with van der Waals surface area (Å²) in [7, 11) is 1.55. The van der Waals surface area contributed by atoms with Crippen molar-refractivity contribution in [1.29, 1.82) is 0 Å². The van der Waals surface area contributed by atoms with Crippen LogP contribution in [0.1, 0.15) is 40.1 Å². The largest absolute Gasteiger partial charge is 0.507 e.